The molecule has 134 valence electrons. The highest BCUT2D eigenvalue weighted by molar-refractivity contribution is 5.69. The Bertz CT molecular complexity index is 367. The standard InChI is InChI=1S/C16H28O7/c1-16(22-6-7-23-16)14-10-13(21-11-20-5-4-18-2)8-12(14)9-15(17)19-3/h12-14H,4-11H2,1-3H3. The summed E-state index contributed by atoms with van der Waals surface area (Å²) in [5.41, 5.74) is 0. The van der Waals surface area contributed by atoms with E-state index >= 15 is 0 Å². The van der Waals surface area contributed by atoms with Crippen LogP contribution in [0, 0.1) is 11.8 Å². The first-order valence-electron chi connectivity index (χ1n) is 8.12. The highest BCUT2D eigenvalue weighted by Crippen LogP contribution is 2.45. The second-order valence-electron chi connectivity index (χ2n) is 6.14. The Balaban J connectivity index is 1.88. The lowest BCUT2D eigenvalue weighted by atomic mass is 9.86. The second-order valence-corrected chi connectivity index (χ2v) is 6.14. The Kier molecular flexibility index (Phi) is 7.23. The first kappa shape index (κ1) is 18.6. The fourth-order valence-corrected chi connectivity index (χ4v) is 3.47. The molecule has 1 heterocycles. The minimum Gasteiger partial charge on any atom is -0.469 e. The maximum atomic E-state index is 11.7. The molecule has 2 aliphatic rings. The van der Waals surface area contributed by atoms with Crippen molar-refractivity contribution in [1.82, 2.24) is 0 Å². The number of hydrogen-bond acceptors (Lipinski definition) is 7. The van der Waals surface area contributed by atoms with Crippen LogP contribution in [0.15, 0.2) is 0 Å². The molecule has 1 saturated heterocycles. The van der Waals surface area contributed by atoms with E-state index in [4.69, 9.17) is 28.4 Å². The van der Waals surface area contributed by atoms with Crippen LogP contribution < -0.4 is 0 Å². The summed E-state index contributed by atoms with van der Waals surface area (Å²) in [6.45, 7) is 4.40. The van der Waals surface area contributed by atoms with Crippen molar-refractivity contribution in [3.63, 3.8) is 0 Å². The molecule has 1 aliphatic heterocycles. The average molecular weight is 332 g/mol. The van der Waals surface area contributed by atoms with Gasteiger partial charge in [0.2, 0.25) is 0 Å². The normalized spacial score (nSPS) is 29.8. The van der Waals surface area contributed by atoms with Gasteiger partial charge >= 0.3 is 5.97 Å². The summed E-state index contributed by atoms with van der Waals surface area (Å²) in [6, 6.07) is 0. The summed E-state index contributed by atoms with van der Waals surface area (Å²) in [6.07, 6.45) is 1.94. The quantitative estimate of drug-likeness (QED) is 0.358. The van der Waals surface area contributed by atoms with Gasteiger partial charge in [0.05, 0.1) is 39.6 Å². The molecular weight excluding hydrogens is 304 g/mol. The van der Waals surface area contributed by atoms with Crippen LogP contribution in [0.5, 0.6) is 0 Å². The highest BCUT2D eigenvalue weighted by Gasteiger charge is 2.49. The lowest BCUT2D eigenvalue weighted by Crippen LogP contribution is -2.38. The van der Waals surface area contributed by atoms with Gasteiger partial charge in [-0.1, -0.05) is 0 Å². The van der Waals surface area contributed by atoms with Crippen molar-refractivity contribution in [3.05, 3.63) is 0 Å². The molecule has 23 heavy (non-hydrogen) atoms. The molecule has 0 spiro atoms. The monoisotopic (exact) mass is 332 g/mol. The minimum absolute atomic E-state index is 0.0295. The van der Waals surface area contributed by atoms with Crippen molar-refractivity contribution in [2.45, 2.75) is 38.1 Å². The van der Waals surface area contributed by atoms with E-state index in [0.717, 1.165) is 12.8 Å². The molecule has 3 unspecified atom stereocenters. The predicted octanol–water partition coefficient (Wildman–Crippen LogP) is 1.34. The fraction of sp³-hybridized carbons (Fsp3) is 0.938. The molecule has 0 radical (unpaired) electrons. The van der Waals surface area contributed by atoms with E-state index in [1.54, 1.807) is 7.11 Å². The Morgan fingerprint density at radius 1 is 1.17 bits per heavy atom. The van der Waals surface area contributed by atoms with E-state index in [9.17, 15) is 4.79 Å². The number of hydrogen-bond donors (Lipinski definition) is 0. The molecule has 2 rings (SSSR count). The van der Waals surface area contributed by atoms with Gasteiger partial charge in [0.25, 0.3) is 0 Å². The van der Waals surface area contributed by atoms with Crippen molar-refractivity contribution in [2.75, 3.05) is 47.4 Å². The van der Waals surface area contributed by atoms with Crippen LogP contribution in [0.25, 0.3) is 0 Å². The Morgan fingerprint density at radius 3 is 2.57 bits per heavy atom. The van der Waals surface area contributed by atoms with Gasteiger partial charge in [0, 0.05) is 19.4 Å². The van der Waals surface area contributed by atoms with Crippen molar-refractivity contribution in [3.8, 4) is 0 Å². The highest BCUT2D eigenvalue weighted by atomic mass is 16.7. The van der Waals surface area contributed by atoms with Crippen LogP contribution in [0.4, 0.5) is 0 Å². The first-order chi connectivity index (χ1) is 11.1. The molecule has 0 aromatic carbocycles. The summed E-state index contributed by atoms with van der Waals surface area (Å²) in [7, 11) is 3.04. The van der Waals surface area contributed by atoms with E-state index < -0.39 is 5.79 Å². The molecule has 0 amide bonds. The summed E-state index contributed by atoms with van der Waals surface area (Å²) >= 11 is 0. The number of rotatable bonds is 9. The second kappa shape index (κ2) is 8.94. The summed E-state index contributed by atoms with van der Waals surface area (Å²) < 4.78 is 32.5. The molecule has 2 fully saturated rings. The molecule has 0 bridgehead atoms. The number of ether oxygens (including phenoxy) is 6. The van der Waals surface area contributed by atoms with E-state index in [2.05, 4.69) is 0 Å². The topological polar surface area (TPSA) is 72.5 Å². The van der Waals surface area contributed by atoms with Gasteiger partial charge in [0.1, 0.15) is 6.79 Å². The number of methoxy groups -OCH3 is 2. The zero-order chi connectivity index (χ0) is 16.7. The summed E-state index contributed by atoms with van der Waals surface area (Å²) in [5.74, 6) is -0.630. The van der Waals surface area contributed by atoms with Crippen LogP contribution >= 0.6 is 0 Å². The van der Waals surface area contributed by atoms with Crippen LogP contribution in [-0.2, 0) is 33.2 Å². The first-order valence-corrected chi connectivity index (χ1v) is 8.12. The smallest absolute Gasteiger partial charge is 0.305 e. The van der Waals surface area contributed by atoms with E-state index in [0.29, 0.717) is 32.8 Å². The van der Waals surface area contributed by atoms with Crippen molar-refractivity contribution >= 4 is 5.97 Å². The molecule has 0 aromatic heterocycles. The predicted molar refractivity (Wildman–Crippen MR) is 80.7 cm³/mol. The van der Waals surface area contributed by atoms with Gasteiger partial charge in [-0.15, -0.1) is 0 Å². The maximum Gasteiger partial charge on any atom is 0.305 e. The van der Waals surface area contributed by atoms with E-state index in [1.807, 2.05) is 6.92 Å². The van der Waals surface area contributed by atoms with Crippen molar-refractivity contribution in [2.24, 2.45) is 11.8 Å². The fourth-order valence-electron chi connectivity index (χ4n) is 3.47. The third kappa shape index (κ3) is 5.12. The Hall–Kier alpha value is -0.730. The van der Waals surface area contributed by atoms with E-state index in [1.165, 1.54) is 7.11 Å². The van der Waals surface area contributed by atoms with Gasteiger partial charge < -0.3 is 28.4 Å². The van der Waals surface area contributed by atoms with Crippen LogP contribution in [0.2, 0.25) is 0 Å². The van der Waals surface area contributed by atoms with Crippen LogP contribution in [-0.4, -0.2) is 65.3 Å². The molecule has 3 atom stereocenters. The number of esters is 1. The van der Waals surface area contributed by atoms with Gasteiger partial charge in [-0.2, -0.15) is 0 Å². The van der Waals surface area contributed by atoms with E-state index in [-0.39, 0.29) is 30.7 Å². The van der Waals surface area contributed by atoms with Gasteiger partial charge in [-0.3, -0.25) is 4.79 Å². The van der Waals surface area contributed by atoms with Crippen LogP contribution in [0.1, 0.15) is 26.2 Å². The zero-order valence-electron chi connectivity index (χ0n) is 14.2. The summed E-state index contributed by atoms with van der Waals surface area (Å²) in [5, 5.41) is 0. The third-order valence-electron chi connectivity index (χ3n) is 4.66. The van der Waals surface area contributed by atoms with Crippen LogP contribution in [0.3, 0.4) is 0 Å². The zero-order valence-corrected chi connectivity index (χ0v) is 14.2. The third-order valence-corrected chi connectivity index (χ3v) is 4.66. The molecule has 0 N–H and O–H groups in total. The average Bonchev–Trinajstić information content (AvgIpc) is 3.14. The minimum atomic E-state index is -0.645. The SMILES string of the molecule is COCCOCOC1CC(CC(=O)OC)C(C2(C)OCCO2)C1. The molecule has 7 nitrogen and oxygen atoms in total. The number of carbonyl (C=O) groups excluding carboxylic acids is 1. The Labute approximate surface area is 137 Å². The summed E-state index contributed by atoms with van der Waals surface area (Å²) in [4.78, 5) is 11.7. The molecule has 7 heteroatoms. The number of carbonyl (C=O) groups is 1. The van der Waals surface area contributed by atoms with Crippen molar-refractivity contribution < 1.29 is 33.2 Å². The van der Waals surface area contributed by atoms with Gasteiger partial charge in [-0.05, 0) is 25.7 Å². The largest absolute Gasteiger partial charge is 0.469 e. The molecule has 1 aliphatic carbocycles. The maximum absolute atomic E-state index is 11.7. The lowest BCUT2D eigenvalue weighted by molar-refractivity contribution is -0.193. The van der Waals surface area contributed by atoms with Gasteiger partial charge in [-0.25, -0.2) is 0 Å². The molecular formula is C16H28O7. The lowest BCUT2D eigenvalue weighted by Gasteiger charge is -2.33. The van der Waals surface area contributed by atoms with Gasteiger partial charge in [0.15, 0.2) is 5.79 Å². The molecule has 1 saturated carbocycles. The van der Waals surface area contributed by atoms with Crippen molar-refractivity contribution in [1.29, 1.82) is 0 Å². The molecule has 0 aromatic rings. The Morgan fingerprint density at radius 2 is 1.91 bits per heavy atom.